The molecule has 0 N–H and O–H groups in total. The van der Waals surface area contributed by atoms with E-state index in [2.05, 4.69) is 33.8 Å². The molecule has 1 saturated heterocycles. The van der Waals surface area contributed by atoms with Crippen LogP contribution in [0.1, 0.15) is 25.8 Å². The van der Waals surface area contributed by atoms with E-state index in [0.717, 1.165) is 38.3 Å². The molecule has 2 aromatic rings. The summed E-state index contributed by atoms with van der Waals surface area (Å²) >= 11 is 0. The Balaban J connectivity index is 1.69. The summed E-state index contributed by atoms with van der Waals surface area (Å²) in [7, 11) is 0. The minimum absolute atomic E-state index is 0.175. The van der Waals surface area contributed by atoms with Crippen molar-refractivity contribution in [1.29, 1.82) is 0 Å². The third-order valence-corrected chi connectivity index (χ3v) is 4.23. The molecule has 1 aromatic carbocycles. The number of hydrogen-bond acceptors (Lipinski definition) is 5. The molecule has 0 bridgehead atoms. The molecule has 3 rings (SSSR count). The summed E-state index contributed by atoms with van der Waals surface area (Å²) < 4.78 is 5.47. The Kier molecular flexibility index (Phi) is 4.31. The maximum Gasteiger partial charge on any atom is 0.244 e. The molecule has 2 heterocycles. The van der Waals surface area contributed by atoms with Crippen molar-refractivity contribution in [2.75, 3.05) is 32.7 Å². The van der Waals surface area contributed by atoms with Crippen molar-refractivity contribution < 1.29 is 4.52 Å². The Morgan fingerprint density at radius 3 is 2.52 bits per heavy atom. The number of hydrogen-bond donors (Lipinski definition) is 0. The van der Waals surface area contributed by atoms with Crippen LogP contribution in [0.4, 0.5) is 0 Å². The average Bonchev–Trinajstić information content (AvgIpc) is 3.05. The molecule has 112 valence electrons. The first-order valence-electron chi connectivity index (χ1n) is 7.63. The third-order valence-electron chi connectivity index (χ3n) is 4.23. The fourth-order valence-corrected chi connectivity index (χ4v) is 2.73. The summed E-state index contributed by atoms with van der Waals surface area (Å²) in [6.45, 7) is 9.81. The molecule has 5 nitrogen and oxygen atoms in total. The zero-order valence-electron chi connectivity index (χ0n) is 12.7. The van der Waals surface area contributed by atoms with Gasteiger partial charge in [-0.3, -0.25) is 4.90 Å². The fraction of sp³-hybridized carbons (Fsp3) is 0.500. The van der Waals surface area contributed by atoms with Gasteiger partial charge in [0.25, 0.3) is 0 Å². The number of piperazine rings is 1. The number of nitrogens with zero attached hydrogens (tertiary/aromatic N) is 4. The molecule has 1 fully saturated rings. The van der Waals surface area contributed by atoms with Gasteiger partial charge in [-0.15, -0.1) is 0 Å². The van der Waals surface area contributed by atoms with Crippen molar-refractivity contribution in [2.24, 2.45) is 0 Å². The summed E-state index contributed by atoms with van der Waals surface area (Å²) in [4.78, 5) is 9.44. The molecular weight excluding hydrogens is 264 g/mol. The first kappa shape index (κ1) is 14.2. The summed E-state index contributed by atoms with van der Waals surface area (Å²) in [6.07, 6.45) is 0. The van der Waals surface area contributed by atoms with Gasteiger partial charge >= 0.3 is 0 Å². The van der Waals surface area contributed by atoms with E-state index in [0.29, 0.717) is 11.7 Å². The molecule has 0 radical (unpaired) electrons. The molecule has 1 aromatic heterocycles. The number of benzene rings is 1. The number of likely N-dealkylation sites (N-methyl/N-ethyl adjacent to an activating group) is 1. The molecule has 21 heavy (non-hydrogen) atoms. The molecule has 5 heteroatoms. The topological polar surface area (TPSA) is 45.4 Å². The largest absolute Gasteiger partial charge is 0.337 e. The van der Waals surface area contributed by atoms with Crippen LogP contribution in [0.5, 0.6) is 0 Å². The minimum atomic E-state index is 0.175. The van der Waals surface area contributed by atoms with Crippen molar-refractivity contribution in [3.63, 3.8) is 0 Å². The Morgan fingerprint density at radius 2 is 1.86 bits per heavy atom. The molecule has 0 aliphatic carbocycles. The number of rotatable bonds is 4. The van der Waals surface area contributed by atoms with Gasteiger partial charge in [-0.1, -0.05) is 42.4 Å². The minimum Gasteiger partial charge on any atom is -0.337 e. The van der Waals surface area contributed by atoms with E-state index < -0.39 is 0 Å². The normalized spacial score (nSPS) is 18.8. The van der Waals surface area contributed by atoms with Crippen molar-refractivity contribution in [1.82, 2.24) is 19.9 Å². The molecule has 1 atom stereocenters. The fourth-order valence-electron chi connectivity index (χ4n) is 2.73. The number of aromatic nitrogens is 2. The van der Waals surface area contributed by atoms with E-state index in [1.54, 1.807) is 0 Å². The molecule has 0 unspecified atom stereocenters. The predicted molar refractivity (Wildman–Crippen MR) is 81.8 cm³/mol. The Hall–Kier alpha value is -1.72. The molecule has 0 spiro atoms. The van der Waals surface area contributed by atoms with Crippen LogP contribution in [0.3, 0.4) is 0 Å². The second kappa shape index (κ2) is 6.37. The van der Waals surface area contributed by atoms with Gasteiger partial charge in [0.15, 0.2) is 0 Å². The lowest BCUT2D eigenvalue weighted by atomic mass is 10.2. The van der Waals surface area contributed by atoms with Gasteiger partial charge in [0.1, 0.15) is 0 Å². The maximum atomic E-state index is 5.47. The van der Waals surface area contributed by atoms with E-state index in [1.807, 2.05) is 30.3 Å². The van der Waals surface area contributed by atoms with E-state index >= 15 is 0 Å². The molecule has 0 amide bonds. The summed E-state index contributed by atoms with van der Waals surface area (Å²) in [5, 5.41) is 4.11. The van der Waals surface area contributed by atoms with Gasteiger partial charge < -0.3 is 9.42 Å². The monoisotopic (exact) mass is 286 g/mol. The molecule has 1 aliphatic rings. The average molecular weight is 286 g/mol. The summed E-state index contributed by atoms with van der Waals surface area (Å²) in [5.41, 5.74) is 0.996. The highest BCUT2D eigenvalue weighted by atomic mass is 16.5. The lowest BCUT2D eigenvalue weighted by Gasteiger charge is -2.36. The smallest absolute Gasteiger partial charge is 0.244 e. The van der Waals surface area contributed by atoms with Crippen LogP contribution in [-0.4, -0.2) is 52.7 Å². The van der Waals surface area contributed by atoms with E-state index in [9.17, 15) is 0 Å². The second-order valence-electron chi connectivity index (χ2n) is 5.47. The lowest BCUT2D eigenvalue weighted by molar-refractivity contribution is 0.0914. The first-order chi connectivity index (χ1) is 10.3. The van der Waals surface area contributed by atoms with E-state index in [4.69, 9.17) is 4.52 Å². The highest BCUT2D eigenvalue weighted by Crippen LogP contribution is 2.23. The molecule has 1 aliphatic heterocycles. The van der Waals surface area contributed by atoms with Crippen LogP contribution < -0.4 is 0 Å². The maximum absolute atomic E-state index is 5.47. The van der Waals surface area contributed by atoms with Crippen molar-refractivity contribution in [2.45, 2.75) is 19.9 Å². The molecular formula is C16H22N4O. The van der Waals surface area contributed by atoms with Crippen LogP contribution in [0, 0.1) is 0 Å². The van der Waals surface area contributed by atoms with Crippen LogP contribution in [0.15, 0.2) is 34.9 Å². The summed E-state index contributed by atoms with van der Waals surface area (Å²) in [5.74, 6) is 1.38. The highest BCUT2D eigenvalue weighted by Gasteiger charge is 2.25. The quantitative estimate of drug-likeness (QED) is 0.864. The summed E-state index contributed by atoms with van der Waals surface area (Å²) in [6, 6.07) is 10.1. The van der Waals surface area contributed by atoms with Crippen LogP contribution >= 0.6 is 0 Å². The van der Waals surface area contributed by atoms with E-state index in [-0.39, 0.29) is 6.04 Å². The van der Waals surface area contributed by atoms with Crippen molar-refractivity contribution >= 4 is 0 Å². The van der Waals surface area contributed by atoms with Crippen LogP contribution in [0.2, 0.25) is 0 Å². The van der Waals surface area contributed by atoms with E-state index in [1.165, 1.54) is 0 Å². The van der Waals surface area contributed by atoms with Crippen molar-refractivity contribution in [3.05, 3.63) is 36.2 Å². The Morgan fingerprint density at radius 1 is 1.14 bits per heavy atom. The van der Waals surface area contributed by atoms with Crippen LogP contribution in [0.25, 0.3) is 11.4 Å². The standard InChI is InChI=1S/C16H22N4O/c1-3-19-9-11-20(12-10-19)13(2)16-17-15(18-21-16)14-7-5-4-6-8-14/h4-8,13H,3,9-12H2,1-2H3/t13-/m0/s1. The molecule has 0 saturated carbocycles. The lowest BCUT2D eigenvalue weighted by Crippen LogP contribution is -2.46. The van der Waals surface area contributed by atoms with Gasteiger partial charge in [0.05, 0.1) is 6.04 Å². The van der Waals surface area contributed by atoms with Gasteiger partial charge in [0.2, 0.25) is 11.7 Å². The SMILES string of the molecule is CCN1CCN([C@@H](C)c2nc(-c3ccccc3)no2)CC1. The third kappa shape index (κ3) is 3.14. The zero-order valence-corrected chi connectivity index (χ0v) is 12.7. The van der Waals surface area contributed by atoms with Gasteiger partial charge in [-0.2, -0.15) is 4.98 Å². The Bertz CT molecular complexity index is 561. The van der Waals surface area contributed by atoms with Gasteiger partial charge in [0, 0.05) is 31.7 Å². The first-order valence-corrected chi connectivity index (χ1v) is 7.63. The van der Waals surface area contributed by atoms with Gasteiger partial charge in [-0.25, -0.2) is 0 Å². The zero-order chi connectivity index (χ0) is 14.7. The van der Waals surface area contributed by atoms with Gasteiger partial charge in [-0.05, 0) is 13.5 Å². The van der Waals surface area contributed by atoms with Crippen LogP contribution in [-0.2, 0) is 0 Å². The Labute approximate surface area is 125 Å². The van der Waals surface area contributed by atoms with Crippen molar-refractivity contribution in [3.8, 4) is 11.4 Å². The highest BCUT2D eigenvalue weighted by molar-refractivity contribution is 5.53. The predicted octanol–water partition coefficient (Wildman–Crippen LogP) is 2.44. The second-order valence-corrected chi connectivity index (χ2v) is 5.47.